The van der Waals surface area contributed by atoms with E-state index < -0.39 is 0 Å². The van der Waals surface area contributed by atoms with E-state index in [4.69, 9.17) is 0 Å². The van der Waals surface area contributed by atoms with Crippen molar-refractivity contribution in [2.75, 3.05) is 45.0 Å². The van der Waals surface area contributed by atoms with E-state index in [2.05, 4.69) is 52.5 Å². The first kappa shape index (κ1) is 23.3. The lowest BCUT2D eigenvalue weighted by Gasteiger charge is -2.26. The van der Waals surface area contributed by atoms with E-state index in [1.165, 1.54) is 17.7 Å². The quantitative estimate of drug-likeness (QED) is 0.271. The lowest BCUT2D eigenvalue weighted by molar-refractivity contribution is -0.130. The maximum Gasteiger partial charge on any atom is 0.244 e. The standard InChI is InChI=1S/C21H32N4OS.HI/c1-2-22-21(23-15-20(26)24-12-7-4-8-13-24)25-14-11-18(16-25)17-27-19-9-5-3-6-10-19;/h3,5-6,9-10,18H,2,4,7-8,11-17H2,1H3,(H,22,23);1H. The van der Waals surface area contributed by atoms with Crippen molar-refractivity contribution in [1.82, 2.24) is 15.1 Å². The molecule has 1 N–H and O–H groups in total. The highest BCUT2D eigenvalue weighted by Crippen LogP contribution is 2.25. The van der Waals surface area contributed by atoms with Gasteiger partial charge in [-0.1, -0.05) is 18.2 Å². The molecule has 0 saturated carbocycles. The number of hydrogen-bond donors (Lipinski definition) is 1. The Morgan fingerprint density at radius 1 is 1.14 bits per heavy atom. The lowest BCUT2D eigenvalue weighted by Crippen LogP contribution is -2.42. The summed E-state index contributed by atoms with van der Waals surface area (Å²) in [5.41, 5.74) is 0. The van der Waals surface area contributed by atoms with Gasteiger partial charge in [-0.25, -0.2) is 4.99 Å². The van der Waals surface area contributed by atoms with Crippen LogP contribution in [0.4, 0.5) is 0 Å². The van der Waals surface area contributed by atoms with Gasteiger partial charge in [0, 0.05) is 43.4 Å². The van der Waals surface area contributed by atoms with Crippen molar-refractivity contribution in [3.8, 4) is 0 Å². The molecule has 0 radical (unpaired) electrons. The highest BCUT2D eigenvalue weighted by atomic mass is 127. The summed E-state index contributed by atoms with van der Waals surface area (Å²) < 4.78 is 0. The molecule has 0 aromatic heterocycles. The maximum absolute atomic E-state index is 12.4. The number of piperidine rings is 1. The number of aliphatic imine (C=N–C) groups is 1. The van der Waals surface area contributed by atoms with Crippen molar-refractivity contribution in [2.24, 2.45) is 10.9 Å². The van der Waals surface area contributed by atoms with Crippen LogP contribution in [0.5, 0.6) is 0 Å². The number of carbonyl (C=O) groups is 1. The molecule has 2 fully saturated rings. The Hall–Kier alpha value is -0.960. The second-order valence-electron chi connectivity index (χ2n) is 7.34. The average Bonchev–Trinajstić information content (AvgIpc) is 3.19. The van der Waals surface area contributed by atoms with Gasteiger partial charge < -0.3 is 15.1 Å². The van der Waals surface area contributed by atoms with E-state index in [-0.39, 0.29) is 36.4 Å². The number of rotatable bonds is 6. The second-order valence-corrected chi connectivity index (χ2v) is 8.43. The summed E-state index contributed by atoms with van der Waals surface area (Å²) in [7, 11) is 0. The number of halogens is 1. The van der Waals surface area contributed by atoms with Crippen molar-refractivity contribution in [3.05, 3.63) is 30.3 Å². The number of carbonyl (C=O) groups excluding carboxylic acids is 1. The molecular formula is C21H33IN4OS. The molecule has 1 aromatic carbocycles. The van der Waals surface area contributed by atoms with Gasteiger partial charge in [-0.3, -0.25) is 4.79 Å². The Morgan fingerprint density at radius 2 is 1.89 bits per heavy atom. The van der Waals surface area contributed by atoms with Crippen LogP contribution in [0.2, 0.25) is 0 Å². The van der Waals surface area contributed by atoms with Crippen molar-refractivity contribution >= 4 is 47.6 Å². The van der Waals surface area contributed by atoms with E-state index in [9.17, 15) is 4.79 Å². The zero-order chi connectivity index (χ0) is 18.9. The third kappa shape index (κ3) is 7.13. The van der Waals surface area contributed by atoms with Crippen LogP contribution in [0, 0.1) is 5.92 Å². The third-order valence-electron chi connectivity index (χ3n) is 5.22. The number of nitrogens with zero attached hydrogens (tertiary/aromatic N) is 3. The zero-order valence-electron chi connectivity index (χ0n) is 16.8. The lowest BCUT2D eigenvalue weighted by atomic mass is 10.1. The molecule has 28 heavy (non-hydrogen) atoms. The minimum Gasteiger partial charge on any atom is -0.357 e. The van der Waals surface area contributed by atoms with Crippen molar-refractivity contribution in [1.29, 1.82) is 0 Å². The van der Waals surface area contributed by atoms with Crippen LogP contribution < -0.4 is 5.32 Å². The topological polar surface area (TPSA) is 47.9 Å². The van der Waals surface area contributed by atoms with Gasteiger partial charge in [-0.05, 0) is 50.7 Å². The van der Waals surface area contributed by atoms with Crippen molar-refractivity contribution in [2.45, 2.75) is 37.5 Å². The summed E-state index contributed by atoms with van der Waals surface area (Å²) in [5.74, 6) is 2.86. The van der Waals surface area contributed by atoms with Crippen LogP contribution in [0.1, 0.15) is 32.6 Å². The smallest absolute Gasteiger partial charge is 0.244 e. The number of benzene rings is 1. The summed E-state index contributed by atoms with van der Waals surface area (Å²) in [6, 6.07) is 10.6. The first-order valence-corrected chi connectivity index (χ1v) is 11.2. The third-order valence-corrected chi connectivity index (χ3v) is 6.47. The van der Waals surface area contributed by atoms with Gasteiger partial charge in [0.2, 0.25) is 5.91 Å². The van der Waals surface area contributed by atoms with E-state index in [1.807, 2.05) is 16.7 Å². The van der Waals surface area contributed by atoms with Gasteiger partial charge in [-0.2, -0.15) is 0 Å². The highest BCUT2D eigenvalue weighted by Gasteiger charge is 2.25. The molecule has 1 atom stereocenters. The molecule has 0 spiro atoms. The van der Waals surface area contributed by atoms with Crippen LogP contribution in [0.3, 0.4) is 0 Å². The molecule has 0 aliphatic carbocycles. The fourth-order valence-electron chi connectivity index (χ4n) is 3.70. The monoisotopic (exact) mass is 516 g/mol. The molecule has 1 unspecified atom stereocenters. The first-order valence-electron chi connectivity index (χ1n) is 10.2. The molecule has 2 heterocycles. The molecule has 3 rings (SSSR count). The molecular weight excluding hydrogens is 483 g/mol. The Bertz CT molecular complexity index is 622. The Labute approximate surface area is 190 Å². The molecule has 0 bridgehead atoms. The van der Waals surface area contributed by atoms with Crippen molar-refractivity contribution < 1.29 is 4.79 Å². The van der Waals surface area contributed by atoms with Gasteiger partial charge in [0.25, 0.3) is 0 Å². The predicted molar refractivity (Wildman–Crippen MR) is 129 cm³/mol. The van der Waals surface area contributed by atoms with Crippen LogP contribution >= 0.6 is 35.7 Å². The minimum absolute atomic E-state index is 0. The van der Waals surface area contributed by atoms with Crippen LogP contribution in [0.15, 0.2) is 40.2 Å². The summed E-state index contributed by atoms with van der Waals surface area (Å²) in [5, 5.41) is 3.38. The number of hydrogen-bond acceptors (Lipinski definition) is 3. The summed E-state index contributed by atoms with van der Waals surface area (Å²) in [6.07, 6.45) is 4.68. The molecule has 1 amide bonds. The second kappa shape index (κ2) is 12.6. The number of amides is 1. The first-order chi connectivity index (χ1) is 13.3. The Morgan fingerprint density at radius 3 is 2.61 bits per heavy atom. The fourth-order valence-corrected chi connectivity index (χ4v) is 4.75. The molecule has 156 valence electrons. The van der Waals surface area contributed by atoms with Crippen molar-refractivity contribution in [3.63, 3.8) is 0 Å². The van der Waals surface area contributed by atoms with Crippen LogP contribution in [0.25, 0.3) is 0 Å². The Balaban J connectivity index is 0.00000280. The molecule has 2 saturated heterocycles. The van der Waals surface area contributed by atoms with Gasteiger partial charge in [-0.15, -0.1) is 35.7 Å². The van der Waals surface area contributed by atoms with Gasteiger partial charge in [0.15, 0.2) is 5.96 Å². The highest BCUT2D eigenvalue weighted by molar-refractivity contribution is 14.0. The van der Waals surface area contributed by atoms with Gasteiger partial charge in [0.05, 0.1) is 0 Å². The number of likely N-dealkylation sites (tertiary alicyclic amines) is 2. The number of nitrogens with one attached hydrogen (secondary N) is 1. The SMILES string of the molecule is CCNC(=NCC(=O)N1CCCCC1)N1CCC(CSc2ccccc2)C1.I. The van der Waals surface area contributed by atoms with E-state index in [1.54, 1.807) is 0 Å². The van der Waals surface area contributed by atoms with Gasteiger partial charge >= 0.3 is 0 Å². The number of thioether (sulfide) groups is 1. The summed E-state index contributed by atoms with van der Waals surface area (Å²) in [6.45, 7) is 7.01. The Kier molecular flexibility index (Phi) is 10.5. The zero-order valence-corrected chi connectivity index (χ0v) is 20.0. The molecule has 1 aromatic rings. The van der Waals surface area contributed by atoms with E-state index in [0.29, 0.717) is 5.92 Å². The normalized spacial score (nSPS) is 20.0. The minimum atomic E-state index is 0. The summed E-state index contributed by atoms with van der Waals surface area (Å²) >= 11 is 1.93. The van der Waals surface area contributed by atoms with E-state index in [0.717, 1.165) is 57.3 Å². The maximum atomic E-state index is 12.4. The average molecular weight is 516 g/mol. The summed E-state index contributed by atoms with van der Waals surface area (Å²) in [4.78, 5) is 22.7. The largest absolute Gasteiger partial charge is 0.357 e. The molecule has 7 heteroatoms. The van der Waals surface area contributed by atoms with Crippen LogP contribution in [-0.4, -0.2) is 66.7 Å². The molecule has 5 nitrogen and oxygen atoms in total. The molecule has 2 aliphatic heterocycles. The van der Waals surface area contributed by atoms with E-state index >= 15 is 0 Å². The fraction of sp³-hybridized carbons (Fsp3) is 0.619. The van der Waals surface area contributed by atoms with Crippen LogP contribution in [-0.2, 0) is 4.79 Å². The number of guanidine groups is 1. The van der Waals surface area contributed by atoms with Gasteiger partial charge in [0.1, 0.15) is 6.54 Å². The predicted octanol–water partition coefficient (Wildman–Crippen LogP) is 3.70. The molecule has 2 aliphatic rings.